The van der Waals surface area contributed by atoms with Crippen molar-refractivity contribution in [2.24, 2.45) is 0 Å². The van der Waals surface area contributed by atoms with E-state index < -0.39 is 9.84 Å². The van der Waals surface area contributed by atoms with Crippen molar-refractivity contribution < 1.29 is 8.42 Å². The highest BCUT2D eigenvalue weighted by Crippen LogP contribution is 2.22. The van der Waals surface area contributed by atoms with Gasteiger partial charge in [0.2, 0.25) is 0 Å². The van der Waals surface area contributed by atoms with Gasteiger partial charge in [-0.05, 0) is 30.9 Å². The van der Waals surface area contributed by atoms with Crippen LogP contribution in [0.4, 0.5) is 0 Å². The van der Waals surface area contributed by atoms with Crippen molar-refractivity contribution in [3.8, 4) is 0 Å². The third-order valence-electron chi connectivity index (χ3n) is 2.67. The molecular weight excluding hydrogens is 196 g/mol. The van der Waals surface area contributed by atoms with Gasteiger partial charge in [0.25, 0.3) is 0 Å². The Morgan fingerprint density at radius 3 is 2.64 bits per heavy atom. The first-order valence-corrected chi connectivity index (χ1v) is 6.66. The molecule has 0 atom stereocenters. The van der Waals surface area contributed by atoms with E-state index in [-0.39, 0.29) is 0 Å². The zero-order valence-electron chi connectivity index (χ0n) is 8.07. The third kappa shape index (κ3) is 1.82. The summed E-state index contributed by atoms with van der Waals surface area (Å²) >= 11 is 0. The van der Waals surface area contributed by atoms with Crippen molar-refractivity contribution in [3.05, 3.63) is 29.8 Å². The molecule has 2 nitrogen and oxygen atoms in total. The van der Waals surface area contributed by atoms with Crippen LogP contribution in [0.3, 0.4) is 0 Å². The van der Waals surface area contributed by atoms with Crippen LogP contribution < -0.4 is 0 Å². The van der Waals surface area contributed by atoms with Crippen LogP contribution in [-0.4, -0.2) is 14.2 Å². The fraction of sp³-hybridized carbons (Fsp3) is 0.455. The summed E-state index contributed by atoms with van der Waals surface area (Å²) in [5.41, 5.74) is 0.993. The summed E-state index contributed by atoms with van der Waals surface area (Å²) in [6.45, 7) is 0. The lowest BCUT2D eigenvalue weighted by Gasteiger charge is -2.13. The molecular formula is C11H14O2S. The molecule has 3 heteroatoms. The number of hydrogen-bond donors (Lipinski definition) is 0. The molecule has 0 unspecified atom stereocenters. The summed E-state index contributed by atoms with van der Waals surface area (Å²) in [6, 6.07) is 7.38. The fourth-order valence-electron chi connectivity index (χ4n) is 1.91. The Morgan fingerprint density at radius 2 is 1.79 bits per heavy atom. The maximum absolute atomic E-state index is 11.8. The number of fused-ring (bicyclic) bond motifs is 1. The van der Waals surface area contributed by atoms with Gasteiger partial charge in [-0.2, -0.15) is 0 Å². The predicted octanol–water partition coefficient (Wildman–Crippen LogP) is 2.19. The van der Waals surface area contributed by atoms with Gasteiger partial charge in [-0.3, -0.25) is 0 Å². The number of rotatable bonds is 0. The number of sulfone groups is 1. The fourth-order valence-corrected chi connectivity index (χ4v) is 3.57. The minimum Gasteiger partial charge on any atom is -0.224 e. The van der Waals surface area contributed by atoms with E-state index in [0.717, 1.165) is 31.2 Å². The van der Waals surface area contributed by atoms with Crippen LogP contribution in [0.5, 0.6) is 0 Å². The molecule has 0 fully saturated rings. The Labute approximate surface area is 84.9 Å². The van der Waals surface area contributed by atoms with Gasteiger partial charge in [0.05, 0.1) is 10.6 Å². The Hall–Kier alpha value is -0.830. The first-order valence-electron chi connectivity index (χ1n) is 5.01. The van der Waals surface area contributed by atoms with Gasteiger partial charge in [-0.15, -0.1) is 0 Å². The van der Waals surface area contributed by atoms with E-state index in [9.17, 15) is 8.42 Å². The lowest BCUT2D eigenvalue weighted by molar-refractivity contribution is 0.582. The van der Waals surface area contributed by atoms with Crippen molar-refractivity contribution in [1.82, 2.24) is 0 Å². The molecule has 0 spiro atoms. The molecule has 0 N–H and O–H groups in total. The number of benzene rings is 1. The molecule has 76 valence electrons. The number of hydrogen-bond acceptors (Lipinski definition) is 2. The summed E-state index contributed by atoms with van der Waals surface area (Å²) in [5.74, 6) is 0.310. The summed E-state index contributed by atoms with van der Waals surface area (Å²) in [5, 5.41) is 0. The summed E-state index contributed by atoms with van der Waals surface area (Å²) in [7, 11) is -3.00. The third-order valence-corrected chi connectivity index (χ3v) is 4.56. The minimum atomic E-state index is -3.00. The lowest BCUT2D eigenvalue weighted by Crippen LogP contribution is -2.12. The zero-order chi connectivity index (χ0) is 10.0. The molecule has 1 aromatic carbocycles. The van der Waals surface area contributed by atoms with E-state index in [1.54, 1.807) is 12.1 Å². The largest absolute Gasteiger partial charge is 0.224 e. The minimum absolute atomic E-state index is 0.310. The highest BCUT2D eigenvalue weighted by Gasteiger charge is 2.19. The molecule has 0 radical (unpaired) electrons. The normalized spacial score (nSPS) is 20.6. The maximum Gasteiger partial charge on any atom is 0.178 e. The molecule has 0 saturated heterocycles. The molecule has 0 amide bonds. The van der Waals surface area contributed by atoms with Crippen molar-refractivity contribution in [3.63, 3.8) is 0 Å². The van der Waals surface area contributed by atoms with Crippen LogP contribution in [0.1, 0.15) is 24.8 Å². The molecule has 0 saturated carbocycles. The summed E-state index contributed by atoms with van der Waals surface area (Å²) < 4.78 is 23.7. The lowest BCUT2D eigenvalue weighted by atomic mass is 10.1. The van der Waals surface area contributed by atoms with E-state index >= 15 is 0 Å². The van der Waals surface area contributed by atoms with Crippen LogP contribution in [0.2, 0.25) is 0 Å². The SMILES string of the molecule is O=S1(=O)CCCCCc2ccccc21. The Bertz CT molecular complexity index is 421. The number of aryl methyl sites for hydroxylation is 1. The molecule has 2 rings (SSSR count). The zero-order valence-corrected chi connectivity index (χ0v) is 8.89. The van der Waals surface area contributed by atoms with Gasteiger partial charge in [0.1, 0.15) is 0 Å². The van der Waals surface area contributed by atoms with E-state index in [4.69, 9.17) is 0 Å². The topological polar surface area (TPSA) is 34.1 Å². The quantitative estimate of drug-likeness (QED) is 0.657. The highest BCUT2D eigenvalue weighted by molar-refractivity contribution is 7.91. The maximum atomic E-state index is 11.8. The Morgan fingerprint density at radius 1 is 1.00 bits per heavy atom. The Balaban J connectivity index is 2.53. The van der Waals surface area contributed by atoms with Gasteiger partial charge >= 0.3 is 0 Å². The smallest absolute Gasteiger partial charge is 0.178 e. The van der Waals surface area contributed by atoms with E-state index in [1.165, 1.54) is 0 Å². The van der Waals surface area contributed by atoms with Crippen molar-refractivity contribution in [2.75, 3.05) is 5.75 Å². The summed E-state index contributed by atoms with van der Waals surface area (Å²) in [6.07, 6.45) is 3.83. The second kappa shape index (κ2) is 3.73. The molecule has 1 aliphatic rings. The van der Waals surface area contributed by atoms with Crippen molar-refractivity contribution in [2.45, 2.75) is 30.6 Å². The summed E-state index contributed by atoms with van der Waals surface area (Å²) in [4.78, 5) is 0.555. The van der Waals surface area contributed by atoms with E-state index in [2.05, 4.69) is 0 Å². The monoisotopic (exact) mass is 210 g/mol. The molecule has 14 heavy (non-hydrogen) atoms. The second-order valence-electron chi connectivity index (χ2n) is 3.74. The predicted molar refractivity (Wildman–Crippen MR) is 56.0 cm³/mol. The second-order valence-corrected chi connectivity index (χ2v) is 5.81. The molecule has 1 heterocycles. The van der Waals surface area contributed by atoms with Crippen LogP contribution in [0.25, 0.3) is 0 Å². The molecule has 1 aliphatic heterocycles. The van der Waals surface area contributed by atoms with Gasteiger partial charge in [0, 0.05) is 0 Å². The molecule has 1 aromatic rings. The van der Waals surface area contributed by atoms with Crippen molar-refractivity contribution in [1.29, 1.82) is 0 Å². The van der Waals surface area contributed by atoms with Crippen LogP contribution in [0.15, 0.2) is 29.2 Å². The standard InChI is InChI=1S/C11H14O2S/c12-14(13)9-5-1-2-6-10-7-3-4-8-11(10)14/h3-4,7-8H,1-2,5-6,9H2. The Kier molecular flexibility index (Phi) is 2.59. The first kappa shape index (κ1) is 9.71. The van der Waals surface area contributed by atoms with E-state index in [0.29, 0.717) is 10.6 Å². The van der Waals surface area contributed by atoms with E-state index in [1.807, 2.05) is 12.1 Å². The average molecular weight is 210 g/mol. The van der Waals surface area contributed by atoms with Crippen LogP contribution >= 0.6 is 0 Å². The van der Waals surface area contributed by atoms with Crippen LogP contribution in [-0.2, 0) is 16.3 Å². The first-order chi connectivity index (χ1) is 6.70. The van der Waals surface area contributed by atoms with Gasteiger partial charge in [0.15, 0.2) is 9.84 Å². The molecule has 0 aliphatic carbocycles. The van der Waals surface area contributed by atoms with Crippen molar-refractivity contribution >= 4 is 9.84 Å². The molecule has 0 aromatic heterocycles. The van der Waals surface area contributed by atoms with Gasteiger partial charge in [-0.25, -0.2) is 8.42 Å². The average Bonchev–Trinajstić information content (AvgIpc) is 2.15. The van der Waals surface area contributed by atoms with Gasteiger partial charge in [-0.1, -0.05) is 24.6 Å². The highest BCUT2D eigenvalue weighted by atomic mass is 32.2. The molecule has 0 bridgehead atoms. The van der Waals surface area contributed by atoms with Gasteiger partial charge < -0.3 is 0 Å². The van der Waals surface area contributed by atoms with Crippen LogP contribution in [0, 0.1) is 0 Å².